The second-order valence-electron chi connectivity index (χ2n) is 12.6. The van der Waals surface area contributed by atoms with Crippen LogP contribution in [0.1, 0.15) is 42.4 Å². The van der Waals surface area contributed by atoms with E-state index in [1.807, 2.05) is 96.3 Å². The number of fused-ring (bicyclic) bond motifs is 4. The molecule has 9 nitrogen and oxygen atoms in total. The molecule has 1 saturated carbocycles. The number of halogens is 1. The summed E-state index contributed by atoms with van der Waals surface area (Å²) in [5, 5.41) is 12.0. The van der Waals surface area contributed by atoms with Gasteiger partial charge in [0.2, 0.25) is 11.8 Å². The number of likely N-dealkylation sites (tertiary alicyclic amines) is 1. The summed E-state index contributed by atoms with van der Waals surface area (Å²) in [5.74, 6) is -4.06. The van der Waals surface area contributed by atoms with Gasteiger partial charge in [-0.2, -0.15) is 5.01 Å². The number of rotatable bonds is 6. The number of hydrogen-bond acceptors (Lipinski definition) is 7. The normalized spacial score (nSPS) is 28.5. The molecule has 2 aliphatic carbocycles. The lowest BCUT2D eigenvalue weighted by atomic mass is 9.49. The van der Waals surface area contributed by atoms with Crippen LogP contribution in [0, 0.1) is 34.2 Å². The number of ether oxygens (including phenoxy) is 1. The van der Waals surface area contributed by atoms with Gasteiger partial charge in [-0.3, -0.25) is 29.5 Å². The van der Waals surface area contributed by atoms with Crippen molar-refractivity contribution in [3.8, 4) is 11.5 Å². The van der Waals surface area contributed by atoms with E-state index in [4.69, 9.17) is 4.74 Å². The van der Waals surface area contributed by atoms with Crippen LogP contribution < -0.4 is 10.2 Å². The number of phenolic OH excluding ortho intramolecular Hbond substituents is 1. The number of methoxy groups -OCH3 is 1. The van der Waals surface area contributed by atoms with Gasteiger partial charge in [0.15, 0.2) is 11.5 Å². The van der Waals surface area contributed by atoms with Crippen molar-refractivity contribution in [2.45, 2.75) is 38.0 Å². The third-order valence-electron chi connectivity index (χ3n) is 10.4. The summed E-state index contributed by atoms with van der Waals surface area (Å²) < 4.78 is 6.10. The molecule has 2 aliphatic heterocycles. The fourth-order valence-corrected chi connectivity index (χ4v) is 9.04. The average molecular weight is 732 g/mol. The number of carbonyl (C=O) groups excluding carboxylic acids is 4. The summed E-state index contributed by atoms with van der Waals surface area (Å²) in [7, 11) is 1.47. The maximum atomic E-state index is 15.2. The molecule has 4 amide bonds. The lowest BCUT2D eigenvalue weighted by molar-refractivity contribution is -0.141. The molecule has 10 heteroatoms. The molecule has 2 saturated heterocycles. The number of aromatic hydroxyl groups is 1. The molecule has 3 fully saturated rings. The molecule has 236 valence electrons. The zero-order chi connectivity index (χ0) is 32.5. The molecule has 2 N–H and O–H groups in total. The smallest absolute Gasteiger partial charge is 0.260 e. The van der Waals surface area contributed by atoms with E-state index in [1.165, 1.54) is 12.0 Å². The molecule has 0 radical (unpaired) electrons. The lowest BCUT2D eigenvalue weighted by Crippen LogP contribution is -2.53. The van der Waals surface area contributed by atoms with E-state index in [0.717, 1.165) is 16.1 Å². The van der Waals surface area contributed by atoms with Crippen LogP contribution in [0.25, 0.3) is 0 Å². The van der Waals surface area contributed by atoms with E-state index >= 15 is 4.79 Å². The van der Waals surface area contributed by atoms with E-state index < -0.39 is 40.9 Å². The van der Waals surface area contributed by atoms with Crippen LogP contribution in [0.2, 0.25) is 0 Å². The quantitative estimate of drug-likeness (QED) is 0.201. The number of hydrogen-bond donors (Lipinski definition) is 2. The first-order valence-corrected chi connectivity index (χ1v) is 16.6. The summed E-state index contributed by atoms with van der Waals surface area (Å²) in [6.45, 7) is 4.04. The Morgan fingerprint density at radius 3 is 2.37 bits per heavy atom. The van der Waals surface area contributed by atoms with E-state index in [0.29, 0.717) is 26.8 Å². The van der Waals surface area contributed by atoms with Crippen molar-refractivity contribution in [1.29, 1.82) is 0 Å². The number of aryl methyl sites for hydroxylation is 1. The molecular weight excluding hydrogens is 697 g/mol. The third kappa shape index (κ3) is 4.25. The Balaban J connectivity index is 1.48. The third-order valence-corrected chi connectivity index (χ3v) is 11.2. The summed E-state index contributed by atoms with van der Waals surface area (Å²) >= 11 is 2.04. The number of carbonyl (C=O) groups is 4. The predicted molar refractivity (Wildman–Crippen MR) is 179 cm³/mol. The average Bonchev–Trinajstić information content (AvgIpc) is 3.44. The molecule has 0 spiro atoms. The van der Waals surface area contributed by atoms with Gasteiger partial charge in [0, 0.05) is 12.5 Å². The molecule has 7 rings (SSSR count). The van der Waals surface area contributed by atoms with Crippen LogP contribution in [0.15, 0.2) is 78.4 Å². The minimum absolute atomic E-state index is 0.0196. The molecule has 3 aromatic rings. The minimum atomic E-state index is -1.38. The van der Waals surface area contributed by atoms with Crippen molar-refractivity contribution in [3.63, 3.8) is 0 Å². The zero-order valence-corrected chi connectivity index (χ0v) is 27.9. The van der Waals surface area contributed by atoms with Gasteiger partial charge in [-0.25, -0.2) is 0 Å². The highest BCUT2D eigenvalue weighted by Crippen LogP contribution is 2.64. The van der Waals surface area contributed by atoms with E-state index in [2.05, 4.69) is 5.43 Å². The second-order valence-corrected chi connectivity index (χ2v) is 13.7. The number of phenols is 1. The Labute approximate surface area is 280 Å². The largest absolute Gasteiger partial charge is 0.504 e. The molecule has 46 heavy (non-hydrogen) atoms. The number of nitrogens with one attached hydrogen (secondary N) is 1. The number of benzene rings is 3. The van der Waals surface area contributed by atoms with Crippen LogP contribution in [0.4, 0.5) is 5.69 Å². The second kappa shape index (κ2) is 11.3. The number of hydrazine groups is 1. The molecular formula is C36H34IN3O6. The maximum absolute atomic E-state index is 15.2. The van der Waals surface area contributed by atoms with Crippen LogP contribution in [0.5, 0.6) is 11.5 Å². The van der Waals surface area contributed by atoms with Crippen molar-refractivity contribution in [2.24, 2.45) is 23.7 Å². The summed E-state index contributed by atoms with van der Waals surface area (Å²) in [5.41, 5.74) is 5.60. The van der Waals surface area contributed by atoms with Crippen LogP contribution in [-0.2, 0) is 24.6 Å². The zero-order valence-electron chi connectivity index (χ0n) is 25.7. The first-order chi connectivity index (χ1) is 22.1. The standard InChI is InChI=1S/C36H34IN3O6/c1-4-39-32(42)24-15-14-23-25(29(24)34(39)44)18-26-33(43)40(38-22-12-10-19(2)11-13-22)35(45)36(26,21-8-6-5-7-9-21)30(23)20-16-27(37)31(41)28(17-20)46-3/h5-14,16-17,24-26,29-30,38,41H,4,15,18H2,1-3H3/t24-,25+,26-,29-,30-,36+/m0/s1. The Morgan fingerprint density at radius 1 is 0.978 bits per heavy atom. The Morgan fingerprint density at radius 2 is 1.70 bits per heavy atom. The van der Waals surface area contributed by atoms with Crippen molar-refractivity contribution < 1.29 is 29.0 Å². The van der Waals surface area contributed by atoms with Crippen molar-refractivity contribution in [3.05, 3.63) is 98.6 Å². The van der Waals surface area contributed by atoms with Gasteiger partial charge in [-0.15, -0.1) is 0 Å². The van der Waals surface area contributed by atoms with Crippen molar-refractivity contribution in [2.75, 3.05) is 19.1 Å². The summed E-state index contributed by atoms with van der Waals surface area (Å²) in [4.78, 5) is 58.4. The monoisotopic (exact) mass is 731 g/mol. The molecule has 3 aromatic carbocycles. The number of anilines is 1. The Hall–Kier alpha value is -4.19. The van der Waals surface area contributed by atoms with E-state index in [1.54, 1.807) is 13.0 Å². The Kier molecular flexibility index (Phi) is 7.45. The van der Waals surface area contributed by atoms with Gasteiger partial charge in [0.1, 0.15) is 0 Å². The maximum Gasteiger partial charge on any atom is 0.260 e. The van der Waals surface area contributed by atoms with Crippen molar-refractivity contribution in [1.82, 2.24) is 9.91 Å². The van der Waals surface area contributed by atoms with Crippen LogP contribution in [0.3, 0.4) is 0 Å². The molecule has 4 aliphatic rings. The molecule has 6 atom stereocenters. The van der Waals surface area contributed by atoms with Crippen LogP contribution >= 0.6 is 22.6 Å². The number of amides is 4. The topological polar surface area (TPSA) is 116 Å². The molecule has 0 bridgehead atoms. The molecule has 0 unspecified atom stereocenters. The highest BCUT2D eigenvalue weighted by Gasteiger charge is 2.70. The molecule has 0 aromatic heterocycles. The minimum Gasteiger partial charge on any atom is -0.504 e. The number of imide groups is 2. The highest BCUT2D eigenvalue weighted by atomic mass is 127. The van der Waals surface area contributed by atoms with Gasteiger partial charge >= 0.3 is 0 Å². The van der Waals surface area contributed by atoms with E-state index in [-0.39, 0.29) is 42.2 Å². The first-order valence-electron chi connectivity index (χ1n) is 15.5. The van der Waals surface area contributed by atoms with Crippen molar-refractivity contribution >= 4 is 51.9 Å². The Bertz CT molecular complexity index is 1810. The van der Waals surface area contributed by atoms with Gasteiger partial charge < -0.3 is 9.84 Å². The van der Waals surface area contributed by atoms with Gasteiger partial charge in [-0.05, 0) is 90.6 Å². The first kappa shape index (κ1) is 30.5. The summed E-state index contributed by atoms with van der Waals surface area (Å²) in [6, 6.07) is 20.4. The summed E-state index contributed by atoms with van der Waals surface area (Å²) in [6.07, 6.45) is 2.63. The van der Waals surface area contributed by atoms with E-state index in [9.17, 15) is 19.5 Å². The SMILES string of the molecule is CCN1C(=O)[C@H]2[C@H](CC=C3[C@H]2C[C@H]2C(=O)N(Nc4ccc(C)cc4)C(=O)[C@@]2(c2ccccc2)[C@H]3c2cc(I)c(O)c(OC)c2)C1=O. The van der Waals surface area contributed by atoms with Crippen LogP contribution in [-0.4, -0.2) is 52.3 Å². The lowest BCUT2D eigenvalue weighted by Gasteiger charge is -2.50. The predicted octanol–water partition coefficient (Wildman–Crippen LogP) is 5.32. The van der Waals surface area contributed by atoms with Gasteiger partial charge in [0.25, 0.3) is 11.8 Å². The number of allylic oxidation sites excluding steroid dienone is 2. The molecule has 2 heterocycles. The number of nitrogens with zero attached hydrogens (tertiary/aromatic N) is 2. The fourth-order valence-electron chi connectivity index (χ4n) is 8.42. The van der Waals surface area contributed by atoms with Gasteiger partial charge in [0.05, 0.1) is 39.5 Å². The highest BCUT2D eigenvalue weighted by molar-refractivity contribution is 14.1. The van der Waals surface area contributed by atoms with Gasteiger partial charge in [-0.1, -0.05) is 59.7 Å². The fraction of sp³-hybridized carbons (Fsp3) is 0.333.